The number of carbonyl (C=O) groups excluding carboxylic acids is 1. The molecule has 1 aromatic heterocycles. The minimum atomic E-state index is -0.672. The Kier molecular flexibility index (Phi) is 4.84. The quantitative estimate of drug-likeness (QED) is 0.885. The van der Waals surface area contributed by atoms with Crippen LogP contribution in [0.5, 0.6) is 0 Å². The van der Waals surface area contributed by atoms with Crippen LogP contribution in [0.15, 0.2) is 16.5 Å². The second-order valence-corrected chi connectivity index (χ2v) is 7.41. The third kappa shape index (κ3) is 3.35. The van der Waals surface area contributed by atoms with E-state index < -0.39 is 5.79 Å². The molecule has 1 aromatic rings. The second-order valence-electron chi connectivity index (χ2n) is 7.41. The molecule has 4 rings (SSSR count). The Hall–Kier alpha value is -1.37. The SMILES string of the molecule is Cc1ccc(C(CNC(=O)C2CCCC23OCCO3)N2CCCC2)o1. The number of furan rings is 1. The molecule has 138 valence electrons. The van der Waals surface area contributed by atoms with Gasteiger partial charge in [-0.1, -0.05) is 0 Å². The molecule has 2 atom stereocenters. The lowest BCUT2D eigenvalue weighted by molar-refractivity contribution is -0.186. The lowest BCUT2D eigenvalue weighted by Gasteiger charge is -2.30. The molecule has 1 N–H and O–H groups in total. The predicted octanol–water partition coefficient (Wildman–Crippen LogP) is 2.38. The van der Waals surface area contributed by atoms with E-state index in [1.54, 1.807) is 0 Å². The van der Waals surface area contributed by atoms with Crippen molar-refractivity contribution in [3.63, 3.8) is 0 Å². The monoisotopic (exact) mass is 348 g/mol. The van der Waals surface area contributed by atoms with Crippen LogP contribution in [-0.4, -0.2) is 49.4 Å². The van der Waals surface area contributed by atoms with Crippen LogP contribution in [0.1, 0.15) is 49.7 Å². The number of likely N-dealkylation sites (tertiary alicyclic amines) is 1. The first kappa shape index (κ1) is 17.1. The number of amides is 1. The molecule has 3 heterocycles. The van der Waals surface area contributed by atoms with E-state index in [0.717, 1.165) is 43.9 Å². The number of rotatable bonds is 5. The molecule has 2 saturated heterocycles. The molecule has 6 heteroatoms. The lowest BCUT2D eigenvalue weighted by Crippen LogP contribution is -2.46. The smallest absolute Gasteiger partial charge is 0.228 e. The van der Waals surface area contributed by atoms with Crippen LogP contribution < -0.4 is 5.32 Å². The summed E-state index contributed by atoms with van der Waals surface area (Å²) in [5.41, 5.74) is 0. The van der Waals surface area contributed by atoms with Crippen molar-refractivity contribution in [2.24, 2.45) is 5.92 Å². The van der Waals surface area contributed by atoms with E-state index in [-0.39, 0.29) is 17.9 Å². The number of nitrogens with one attached hydrogen (secondary N) is 1. The molecule has 3 fully saturated rings. The van der Waals surface area contributed by atoms with Gasteiger partial charge in [0, 0.05) is 13.0 Å². The largest absolute Gasteiger partial charge is 0.465 e. The number of ether oxygens (including phenoxy) is 2. The van der Waals surface area contributed by atoms with Crippen molar-refractivity contribution in [1.82, 2.24) is 10.2 Å². The summed E-state index contributed by atoms with van der Waals surface area (Å²) >= 11 is 0. The maximum Gasteiger partial charge on any atom is 0.228 e. The van der Waals surface area contributed by atoms with Crippen molar-refractivity contribution in [2.75, 3.05) is 32.8 Å². The molecular formula is C19H28N2O4. The molecular weight excluding hydrogens is 320 g/mol. The van der Waals surface area contributed by atoms with Crippen molar-refractivity contribution < 1.29 is 18.7 Å². The molecule has 2 aliphatic heterocycles. The molecule has 25 heavy (non-hydrogen) atoms. The van der Waals surface area contributed by atoms with E-state index in [1.165, 1.54) is 12.8 Å². The Morgan fingerprint density at radius 2 is 2.04 bits per heavy atom. The van der Waals surface area contributed by atoms with Crippen molar-refractivity contribution in [1.29, 1.82) is 0 Å². The average molecular weight is 348 g/mol. The molecule has 0 bridgehead atoms. The fourth-order valence-corrected chi connectivity index (χ4v) is 4.51. The lowest BCUT2D eigenvalue weighted by atomic mass is 10.0. The Balaban J connectivity index is 1.43. The number of aryl methyl sites for hydroxylation is 1. The van der Waals surface area contributed by atoms with E-state index >= 15 is 0 Å². The van der Waals surface area contributed by atoms with Crippen LogP contribution in [0.25, 0.3) is 0 Å². The summed E-state index contributed by atoms with van der Waals surface area (Å²) in [6, 6.07) is 4.12. The Labute approximate surface area is 148 Å². The van der Waals surface area contributed by atoms with Gasteiger partial charge in [0.15, 0.2) is 5.79 Å². The Morgan fingerprint density at radius 1 is 1.28 bits per heavy atom. The highest BCUT2D eigenvalue weighted by molar-refractivity contribution is 5.80. The topological polar surface area (TPSA) is 63.9 Å². The zero-order chi connectivity index (χ0) is 17.3. The minimum absolute atomic E-state index is 0.0480. The Bertz CT molecular complexity index is 597. The van der Waals surface area contributed by atoms with Crippen LogP contribution in [0, 0.1) is 12.8 Å². The van der Waals surface area contributed by atoms with Crippen LogP contribution in [-0.2, 0) is 14.3 Å². The van der Waals surface area contributed by atoms with Gasteiger partial charge in [-0.3, -0.25) is 9.69 Å². The van der Waals surface area contributed by atoms with Crippen molar-refractivity contribution >= 4 is 5.91 Å². The molecule has 1 spiro atoms. The van der Waals surface area contributed by atoms with Crippen molar-refractivity contribution in [2.45, 2.75) is 50.9 Å². The van der Waals surface area contributed by atoms with Gasteiger partial charge in [0.2, 0.25) is 5.91 Å². The van der Waals surface area contributed by atoms with Gasteiger partial charge >= 0.3 is 0 Å². The zero-order valence-electron chi connectivity index (χ0n) is 15.0. The second kappa shape index (κ2) is 7.09. The molecule has 1 aliphatic carbocycles. The van der Waals surface area contributed by atoms with Gasteiger partial charge in [-0.05, 0) is 57.8 Å². The first-order valence-electron chi connectivity index (χ1n) is 9.54. The molecule has 2 unspecified atom stereocenters. The summed E-state index contributed by atoms with van der Waals surface area (Å²) in [5, 5.41) is 3.16. The highest BCUT2D eigenvalue weighted by Crippen LogP contribution is 2.42. The summed E-state index contributed by atoms with van der Waals surface area (Å²) in [7, 11) is 0. The summed E-state index contributed by atoms with van der Waals surface area (Å²) < 4.78 is 17.5. The number of hydrogen-bond donors (Lipinski definition) is 1. The molecule has 0 aromatic carbocycles. The van der Waals surface area contributed by atoms with Gasteiger partial charge in [0.05, 0.1) is 25.2 Å². The third-order valence-corrected chi connectivity index (χ3v) is 5.78. The first-order chi connectivity index (χ1) is 12.2. The third-order valence-electron chi connectivity index (χ3n) is 5.78. The van der Waals surface area contributed by atoms with Gasteiger partial charge in [0.1, 0.15) is 11.5 Å². The zero-order valence-corrected chi connectivity index (χ0v) is 15.0. The van der Waals surface area contributed by atoms with Gasteiger partial charge in [-0.25, -0.2) is 0 Å². The standard InChI is InChI=1S/C19H28N2O4/c1-14-6-7-17(25-14)16(21-9-2-3-10-21)13-20-18(22)15-5-4-8-19(15)23-11-12-24-19/h6-7,15-16H,2-5,8-13H2,1H3,(H,20,22). The van der Waals surface area contributed by atoms with E-state index in [0.29, 0.717) is 19.8 Å². The van der Waals surface area contributed by atoms with Gasteiger partial charge in [-0.2, -0.15) is 0 Å². The predicted molar refractivity (Wildman–Crippen MR) is 92.0 cm³/mol. The van der Waals surface area contributed by atoms with Gasteiger partial charge in [-0.15, -0.1) is 0 Å². The van der Waals surface area contributed by atoms with Crippen molar-refractivity contribution in [3.05, 3.63) is 23.7 Å². The van der Waals surface area contributed by atoms with Crippen LogP contribution in [0.3, 0.4) is 0 Å². The fourth-order valence-electron chi connectivity index (χ4n) is 4.51. The maximum atomic E-state index is 12.8. The van der Waals surface area contributed by atoms with Gasteiger partial charge < -0.3 is 19.2 Å². The molecule has 1 saturated carbocycles. The summed E-state index contributed by atoms with van der Waals surface area (Å²) in [4.78, 5) is 15.3. The molecule has 3 aliphatic rings. The van der Waals surface area contributed by atoms with E-state index in [9.17, 15) is 4.79 Å². The molecule has 6 nitrogen and oxygen atoms in total. The van der Waals surface area contributed by atoms with E-state index in [2.05, 4.69) is 10.2 Å². The summed E-state index contributed by atoms with van der Waals surface area (Å²) in [6.45, 7) is 5.82. The van der Waals surface area contributed by atoms with E-state index in [4.69, 9.17) is 13.9 Å². The summed E-state index contributed by atoms with van der Waals surface area (Å²) in [6.07, 6.45) is 5.04. The number of nitrogens with zero attached hydrogens (tertiary/aromatic N) is 1. The van der Waals surface area contributed by atoms with E-state index in [1.807, 2.05) is 19.1 Å². The van der Waals surface area contributed by atoms with Crippen LogP contribution in [0.4, 0.5) is 0 Å². The highest BCUT2D eigenvalue weighted by atomic mass is 16.7. The summed E-state index contributed by atoms with van der Waals surface area (Å²) in [5.74, 6) is 1.02. The fraction of sp³-hybridized carbons (Fsp3) is 0.737. The average Bonchev–Trinajstić information content (AvgIpc) is 3.38. The molecule has 1 amide bonds. The first-order valence-corrected chi connectivity index (χ1v) is 9.54. The normalized spacial score (nSPS) is 27.2. The number of hydrogen-bond acceptors (Lipinski definition) is 5. The Morgan fingerprint density at radius 3 is 2.72 bits per heavy atom. The van der Waals surface area contributed by atoms with Gasteiger partial charge in [0.25, 0.3) is 0 Å². The van der Waals surface area contributed by atoms with Crippen LogP contribution in [0.2, 0.25) is 0 Å². The highest BCUT2D eigenvalue weighted by Gasteiger charge is 2.51. The minimum Gasteiger partial charge on any atom is -0.465 e. The van der Waals surface area contributed by atoms with Crippen LogP contribution >= 0.6 is 0 Å². The molecule has 0 radical (unpaired) electrons. The van der Waals surface area contributed by atoms with Crippen molar-refractivity contribution in [3.8, 4) is 0 Å². The maximum absolute atomic E-state index is 12.8. The number of carbonyl (C=O) groups is 1.